The molecule has 0 radical (unpaired) electrons. The Morgan fingerprint density at radius 1 is 1.23 bits per heavy atom. The van der Waals surface area contributed by atoms with E-state index in [2.05, 4.69) is 4.52 Å². The number of phosphoric acid groups is 1. The molecular weight excluding hydrogens is 231 g/mol. The van der Waals surface area contributed by atoms with E-state index in [4.69, 9.17) is 14.9 Å². The van der Waals surface area contributed by atoms with Crippen molar-refractivity contribution in [1.29, 1.82) is 0 Å². The zero-order valence-electron chi connectivity index (χ0n) is 5.84. The molecule has 0 aliphatic rings. The summed E-state index contributed by atoms with van der Waals surface area (Å²) in [6.45, 7) is 0. The fraction of sp³-hybridized carbons (Fsp3) is 0.500. The third kappa shape index (κ3) is 12.3. The van der Waals surface area contributed by atoms with Gasteiger partial charge >= 0.3 is 57.5 Å². The summed E-state index contributed by atoms with van der Waals surface area (Å²) in [5.74, 6) is -2.47. The summed E-state index contributed by atoms with van der Waals surface area (Å²) in [7, 11) is -4.82. The summed E-state index contributed by atoms with van der Waals surface area (Å²) in [5.41, 5.74) is 0. The van der Waals surface area contributed by atoms with Gasteiger partial charge in [-0.15, -0.1) is 0 Å². The van der Waals surface area contributed by atoms with Gasteiger partial charge in [-0.1, -0.05) is 0 Å². The molecule has 0 saturated carbocycles. The van der Waals surface area contributed by atoms with E-state index in [0.29, 0.717) is 0 Å². The molecule has 0 saturated heterocycles. The number of carbonyl (C=O) groups excluding carboxylic acids is 1. The van der Waals surface area contributed by atoms with Gasteiger partial charge in [-0.2, -0.15) is 0 Å². The molecule has 0 rings (SSSR count). The van der Waals surface area contributed by atoms with Crippen LogP contribution in [-0.4, -0.2) is 64.6 Å². The Labute approximate surface area is 103 Å². The van der Waals surface area contributed by atoms with Crippen molar-refractivity contribution in [2.75, 3.05) is 0 Å². The molecule has 9 heteroatoms. The van der Waals surface area contributed by atoms with Crippen LogP contribution in [-0.2, 0) is 18.7 Å². The van der Waals surface area contributed by atoms with Gasteiger partial charge < -0.3 is 9.63 Å². The predicted molar refractivity (Wildman–Crippen MR) is 43.5 cm³/mol. The van der Waals surface area contributed by atoms with E-state index in [-0.39, 0.29) is 37.7 Å². The van der Waals surface area contributed by atoms with Crippen LogP contribution in [0.25, 0.3) is 0 Å². The summed E-state index contributed by atoms with van der Waals surface area (Å²) in [6, 6.07) is 0. The van der Waals surface area contributed by atoms with Gasteiger partial charge in [0.2, 0.25) is 0 Å². The Bertz CT molecular complexity index is 233. The zero-order valence-corrected chi connectivity index (χ0v) is 6.73. The molecule has 0 fully saturated rings. The molecule has 3 N–H and O–H groups in total. The van der Waals surface area contributed by atoms with Crippen LogP contribution in [0.15, 0.2) is 0 Å². The van der Waals surface area contributed by atoms with Crippen molar-refractivity contribution < 1.29 is 33.6 Å². The van der Waals surface area contributed by atoms with Crippen LogP contribution in [0.5, 0.6) is 0 Å². The molecular formula is C4H9CaO7P. The number of hydrogen-bond donors (Lipinski definition) is 3. The van der Waals surface area contributed by atoms with Crippen molar-refractivity contribution in [3.8, 4) is 0 Å². The molecule has 0 aliphatic carbocycles. The van der Waals surface area contributed by atoms with Crippen LogP contribution < -0.4 is 0 Å². The van der Waals surface area contributed by atoms with E-state index >= 15 is 0 Å². The SMILES string of the molecule is O=C(O)CCC(=O)OP(=O)(O)O.[CaH2]. The Kier molecular flexibility index (Phi) is 8.21. The van der Waals surface area contributed by atoms with Gasteiger partial charge in [0, 0.05) is 0 Å². The van der Waals surface area contributed by atoms with E-state index in [1.807, 2.05) is 0 Å². The molecule has 0 aromatic heterocycles. The van der Waals surface area contributed by atoms with E-state index in [0.717, 1.165) is 0 Å². The van der Waals surface area contributed by atoms with Gasteiger partial charge in [0.25, 0.3) is 0 Å². The van der Waals surface area contributed by atoms with Crippen LogP contribution in [0.3, 0.4) is 0 Å². The van der Waals surface area contributed by atoms with Gasteiger partial charge in [0.15, 0.2) is 0 Å². The summed E-state index contributed by atoms with van der Waals surface area (Å²) < 4.78 is 13.5. The molecule has 0 spiro atoms. The Hall–Kier alpha value is 0.350. The van der Waals surface area contributed by atoms with Gasteiger partial charge in [-0.05, 0) is 0 Å². The minimum absolute atomic E-state index is 0. The number of aliphatic carboxylic acids is 1. The van der Waals surface area contributed by atoms with Crippen LogP contribution in [0, 0.1) is 0 Å². The van der Waals surface area contributed by atoms with E-state index in [1.54, 1.807) is 0 Å². The Morgan fingerprint density at radius 3 is 2.00 bits per heavy atom. The van der Waals surface area contributed by atoms with E-state index < -0.39 is 32.6 Å². The number of carboxylic acid groups (broad SMARTS) is 1. The first-order valence-corrected chi connectivity index (χ1v) is 4.34. The molecule has 0 heterocycles. The third-order valence-electron chi connectivity index (χ3n) is 0.764. The van der Waals surface area contributed by atoms with Crippen molar-refractivity contribution in [1.82, 2.24) is 0 Å². The maximum absolute atomic E-state index is 10.4. The monoisotopic (exact) mass is 240 g/mol. The third-order valence-corrected chi connectivity index (χ3v) is 1.21. The number of hydrogen-bond acceptors (Lipinski definition) is 4. The zero-order chi connectivity index (χ0) is 9.78. The van der Waals surface area contributed by atoms with Crippen molar-refractivity contribution >= 4 is 57.5 Å². The number of carbonyl (C=O) groups is 2. The topological polar surface area (TPSA) is 121 Å². The fourth-order valence-electron chi connectivity index (χ4n) is 0.387. The molecule has 0 amide bonds. The van der Waals surface area contributed by atoms with E-state index in [1.165, 1.54) is 0 Å². The molecule has 0 atom stereocenters. The maximum atomic E-state index is 10.4. The predicted octanol–water partition coefficient (Wildman–Crippen LogP) is -1.43. The van der Waals surface area contributed by atoms with Crippen molar-refractivity contribution in [3.63, 3.8) is 0 Å². The first kappa shape index (κ1) is 15.8. The average Bonchev–Trinajstić information content (AvgIpc) is 1.79. The van der Waals surface area contributed by atoms with Crippen LogP contribution in [0.4, 0.5) is 0 Å². The molecule has 7 nitrogen and oxygen atoms in total. The number of rotatable bonds is 4. The first-order chi connectivity index (χ1) is 5.31. The van der Waals surface area contributed by atoms with Gasteiger partial charge in [0.05, 0.1) is 12.8 Å². The molecule has 13 heavy (non-hydrogen) atoms. The van der Waals surface area contributed by atoms with Crippen LogP contribution >= 0.6 is 7.82 Å². The van der Waals surface area contributed by atoms with Crippen molar-refractivity contribution in [2.45, 2.75) is 12.8 Å². The van der Waals surface area contributed by atoms with Crippen molar-refractivity contribution in [3.05, 3.63) is 0 Å². The van der Waals surface area contributed by atoms with Crippen molar-refractivity contribution in [2.24, 2.45) is 0 Å². The second kappa shape index (κ2) is 6.75. The van der Waals surface area contributed by atoms with Gasteiger partial charge in [0.1, 0.15) is 0 Å². The van der Waals surface area contributed by atoms with Crippen LogP contribution in [0.2, 0.25) is 0 Å². The molecule has 0 bridgehead atoms. The average molecular weight is 240 g/mol. The number of carboxylic acids is 1. The molecule has 0 aromatic rings. The van der Waals surface area contributed by atoms with E-state index in [9.17, 15) is 14.2 Å². The van der Waals surface area contributed by atoms with Crippen LogP contribution in [0.1, 0.15) is 12.8 Å². The minimum atomic E-state index is -4.82. The Balaban J connectivity index is 0. The quantitative estimate of drug-likeness (QED) is 0.407. The molecule has 74 valence electrons. The normalized spacial score (nSPS) is 10.0. The fourth-order valence-corrected chi connectivity index (χ4v) is 0.744. The molecule has 0 aliphatic heterocycles. The summed E-state index contributed by atoms with van der Waals surface area (Å²) >= 11 is 0. The summed E-state index contributed by atoms with van der Waals surface area (Å²) in [4.78, 5) is 36.4. The first-order valence-electron chi connectivity index (χ1n) is 2.81. The number of phosphoric ester groups is 1. The van der Waals surface area contributed by atoms with Gasteiger partial charge in [-0.3, -0.25) is 19.4 Å². The molecule has 0 unspecified atom stereocenters. The molecule has 0 aromatic carbocycles. The second-order valence-electron chi connectivity index (χ2n) is 1.85. The summed E-state index contributed by atoms with van der Waals surface area (Å²) in [5, 5.41) is 8.06. The summed E-state index contributed by atoms with van der Waals surface area (Å²) in [6.07, 6.45) is -1.07. The second-order valence-corrected chi connectivity index (χ2v) is 3.01. The standard InChI is InChI=1S/C4H7O7P.Ca.2H/c5-3(6)1-2-4(7)11-12(8,9)10;;;/h1-2H2,(H,5,6)(H2,8,9,10);;;. The van der Waals surface area contributed by atoms with Gasteiger partial charge in [-0.25, -0.2) is 4.57 Å². The Morgan fingerprint density at radius 2 is 1.69 bits per heavy atom.